The van der Waals surface area contributed by atoms with Gasteiger partial charge in [-0.3, -0.25) is 14.8 Å². The van der Waals surface area contributed by atoms with Gasteiger partial charge in [-0.1, -0.05) is 12.1 Å². The first-order valence-corrected chi connectivity index (χ1v) is 8.14. The molecule has 3 rings (SSSR count). The lowest BCUT2D eigenvalue weighted by Crippen LogP contribution is -2.13. The second kappa shape index (κ2) is 7.56. The minimum absolute atomic E-state index is 0.207. The Morgan fingerprint density at radius 1 is 1.00 bits per heavy atom. The van der Waals surface area contributed by atoms with Crippen LogP contribution in [0, 0.1) is 0 Å². The summed E-state index contributed by atoms with van der Waals surface area (Å²) in [5.74, 6) is 0.661. The van der Waals surface area contributed by atoms with E-state index in [4.69, 9.17) is 0 Å². The number of benzene rings is 1. The van der Waals surface area contributed by atoms with E-state index in [0.717, 1.165) is 16.3 Å². The van der Waals surface area contributed by atoms with E-state index in [1.165, 1.54) is 5.56 Å². The summed E-state index contributed by atoms with van der Waals surface area (Å²) in [5.41, 5.74) is 2.35. The Hall–Kier alpha value is -2.66. The Morgan fingerprint density at radius 3 is 2.57 bits per heavy atom. The predicted octanol–water partition coefficient (Wildman–Crippen LogP) is 4.02. The number of anilines is 1. The van der Waals surface area contributed by atoms with Crippen molar-refractivity contribution >= 4 is 23.4 Å². The molecule has 23 heavy (non-hydrogen) atoms. The van der Waals surface area contributed by atoms with E-state index in [1.54, 1.807) is 42.4 Å². The maximum absolute atomic E-state index is 12.0. The molecule has 3 aromatic rings. The molecule has 0 unspecified atom stereocenters. The smallest absolute Gasteiger partial charge is 0.274 e. The first-order chi connectivity index (χ1) is 11.3. The Labute approximate surface area is 139 Å². The summed E-state index contributed by atoms with van der Waals surface area (Å²) in [6.45, 7) is 0. The van der Waals surface area contributed by atoms with Crippen LogP contribution in [-0.4, -0.2) is 15.9 Å². The van der Waals surface area contributed by atoms with Gasteiger partial charge in [0, 0.05) is 34.9 Å². The van der Waals surface area contributed by atoms with Crippen molar-refractivity contribution in [1.29, 1.82) is 0 Å². The van der Waals surface area contributed by atoms with Crippen molar-refractivity contribution in [1.82, 2.24) is 9.97 Å². The number of nitrogens with zero attached hydrogens (tertiary/aromatic N) is 2. The number of carbonyl (C=O) groups excluding carboxylic acids is 1. The second-order valence-electron chi connectivity index (χ2n) is 4.84. The van der Waals surface area contributed by atoms with Crippen LogP contribution in [0.2, 0.25) is 0 Å². The Balaban J connectivity index is 1.58. The van der Waals surface area contributed by atoms with E-state index in [9.17, 15) is 4.79 Å². The number of aromatic nitrogens is 2. The molecule has 1 amide bonds. The fraction of sp³-hybridized carbons (Fsp3) is 0.0556. The molecule has 0 atom stereocenters. The molecule has 0 fully saturated rings. The van der Waals surface area contributed by atoms with Gasteiger partial charge >= 0.3 is 0 Å². The first kappa shape index (κ1) is 15.2. The van der Waals surface area contributed by atoms with Crippen molar-refractivity contribution in [2.75, 3.05) is 5.32 Å². The standard InChI is InChI=1S/C18H15N3OS/c22-18(17-5-1-2-11-20-17)21-15-6-8-16(9-7-15)23-13-14-4-3-10-19-12-14/h1-12H,13H2,(H,21,22). The number of carbonyl (C=O) groups is 1. The van der Waals surface area contributed by atoms with Gasteiger partial charge < -0.3 is 5.32 Å². The molecule has 0 bridgehead atoms. The average Bonchev–Trinajstić information content (AvgIpc) is 2.63. The lowest BCUT2D eigenvalue weighted by Gasteiger charge is -2.06. The van der Waals surface area contributed by atoms with Gasteiger partial charge in [-0.05, 0) is 48.0 Å². The van der Waals surface area contributed by atoms with Gasteiger partial charge in [0.05, 0.1) is 0 Å². The zero-order valence-electron chi connectivity index (χ0n) is 12.3. The molecular weight excluding hydrogens is 306 g/mol. The topological polar surface area (TPSA) is 54.9 Å². The van der Waals surface area contributed by atoms with E-state index in [0.29, 0.717) is 5.69 Å². The minimum atomic E-state index is -0.207. The van der Waals surface area contributed by atoms with E-state index in [1.807, 2.05) is 36.5 Å². The van der Waals surface area contributed by atoms with Crippen molar-refractivity contribution in [2.24, 2.45) is 0 Å². The van der Waals surface area contributed by atoms with Crippen LogP contribution < -0.4 is 5.32 Å². The van der Waals surface area contributed by atoms with E-state index in [-0.39, 0.29) is 5.91 Å². The maximum Gasteiger partial charge on any atom is 0.274 e. The third kappa shape index (κ3) is 4.40. The number of hydrogen-bond donors (Lipinski definition) is 1. The quantitative estimate of drug-likeness (QED) is 0.721. The van der Waals surface area contributed by atoms with E-state index in [2.05, 4.69) is 21.4 Å². The summed E-state index contributed by atoms with van der Waals surface area (Å²) >= 11 is 1.73. The number of rotatable bonds is 5. The molecular formula is C18H15N3OS. The lowest BCUT2D eigenvalue weighted by atomic mass is 10.3. The van der Waals surface area contributed by atoms with Crippen molar-refractivity contribution in [2.45, 2.75) is 10.6 Å². The normalized spacial score (nSPS) is 10.3. The molecule has 0 aliphatic heterocycles. The van der Waals surface area contributed by atoms with Crippen LogP contribution in [0.25, 0.3) is 0 Å². The van der Waals surface area contributed by atoms with Crippen molar-refractivity contribution in [3.8, 4) is 0 Å². The van der Waals surface area contributed by atoms with Gasteiger partial charge in [-0.2, -0.15) is 0 Å². The first-order valence-electron chi connectivity index (χ1n) is 7.15. The Kier molecular flexibility index (Phi) is 5.01. The van der Waals surface area contributed by atoms with Crippen LogP contribution >= 0.6 is 11.8 Å². The number of nitrogens with one attached hydrogen (secondary N) is 1. The molecule has 1 aromatic carbocycles. The summed E-state index contributed by atoms with van der Waals surface area (Å²) in [7, 11) is 0. The van der Waals surface area contributed by atoms with Crippen molar-refractivity contribution in [3.63, 3.8) is 0 Å². The van der Waals surface area contributed by atoms with E-state index < -0.39 is 0 Å². The highest BCUT2D eigenvalue weighted by Crippen LogP contribution is 2.24. The SMILES string of the molecule is O=C(Nc1ccc(SCc2cccnc2)cc1)c1ccccn1. The largest absolute Gasteiger partial charge is 0.321 e. The summed E-state index contributed by atoms with van der Waals surface area (Å²) in [6.07, 6.45) is 5.24. The van der Waals surface area contributed by atoms with E-state index >= 15 is 0 Å². The number of thioether (sulfide) groups is 1. The molecule has 114 valence electrons. The molecule has 5 heteroatoms. The minimum Gasteiger partial charge on any atom is -0.321 e. The highest BCUT2D eigenvalue weighted by atomic mass is 32.2. The summed E-state index contributed by atoms with van der Waals surface area (Å²) in [6, 6.07) is 17.0. The third-order valence-electron chi connectivity index (χ3n) is 3.14. The molecule has 1 N–H and O–H groups in total. The Bertz CT molecular complexity index is 761. The van der Waals surface area contributed by atoms with Gasteiger partial charge in [0.25, 0.3) is 5.91 Å². The zero-order chi connectivity index (χ0) is 15.9. The van der Waals surface area contributed by atoms with Gasteiger partial charge in [-0.25, -0.2) is 0 Å². The molecule has 0 saturated heterocycles. The van der Waals surface area contributed by atoms with Crippen LogP contribution in [0.15, 0.2) is 78.1 Å². The zero-order valence-corrected chi connectivity index (χ0v) is 13.2. The van der Waals surface area contributed by atoms with Gasteiger partial charge in [0.1, 0.15) is 5.69 Å². The molecule has 4 nitrogen and oxygen atoms in total. The molecule has 2 heterocycles. The maximum atomic E-state index is 12.0. The molecule has 0 aliphatic rings. The van der Waals surface area contributed by atoms with Crippen LogP contribution in [-0.2, 0) is 5.75 Å². The highest BCUT2D eigenvalue weighted by Gasteiger charge is 2.06. The lowest BCUT2D eigenvalue weighted by molar-refractivity contribution is 0.102. The summed E-state index contributed by atoms with van der Waals surface area (Å²) < 4.78 is 0. The second-order valence-corrected chi connectivity index (χ2v) is 5.89. The third-order valence-corrected chi connectivity index (χ3v) is 4.22. The van der Waals surface area contributed by atoms with Crippen molar-refractivity contribution < 1.29 is 4.79 Å². The number of hydrogen-bond acceptors (Lipinski definition) is 4. The fourth-order valence-corrected chi connectivity index (χ4v) is 2.81. The van der Waals surface area contributed by atoms with Gasteiger partial charge in [0.15, 0.2) is 0 Å². The highest BCUT2D eigenvalue weighted by molar-refractivity contribution is 7.98. The molecule has 0 aliphatic carbocycles. The predicted molar refractivity (Wildman–Crippen MR) is 92.4 cm³/mol. The molecule has 0 saturated carbocycles. The summed E-state index contributed by atoms with van der Waals surface area (Å²) in [4.78, 5) is 21.3. The summed E-state index contributed by atoms with van der Waals surface area (Å²) in [5, 5.41) is 2.84. The van der Waals surface area contributed by atoms with Crippen LogP contribution in [0.5, 0.6) is 0 Å². The van der Waals surface area contributed by atoms with Crippen LogP contribution in [0.1, 0.15) is 16.1 Å². The molecule has 0 spiro atoms. The van der Waals surface area contributed by atoms with Gasteiger partial charge in [-0.15, -0.1) is 11.8 Å². The van der Waals surface area contributed by atoms with Gasteiger partial charge in [0.2, 0.25) is 0 Å². The number of amides is 1. The van der Waals surface area contributed by atoms with Crippen LogP contribution in [0.3, 0.4) is 0 Å². The molecule has 0 radical (unpaired) electrons. The average molecular weight is 321 g/mol. The monoisotopic (exact) mass is 321 g/mol. The Morgan fingerprint density at radius 2 is 1.87 bits per heavy atom. The molecule has 2 aromatic heterocycles. The van der Waals surface area contributed by atoms with Crippen molar-refractivity contribution in [3.05, 3.63) is 84.4 Å². The van der Waals surface area contributed by atoms with Crippen LogP contribution in [0.4, 0.5) is 5.69 Å². The number of pyridine rings is 2. The fourth-order valence-electron chi connectivity index (χ4n) is 1.98.